The van der Waals surface area contributed by atoms with Gasteiger partial charge < -0.3 is 0 Å². The zero-order valence-electron chi connectivity index (χ0n) is 79.4. The molecule has 0 aliphatic carbocycles. The van der Waals surface area contributed by atoms with Gasteiger partial charge in [-0.25, -0.2) is 29.4 Å². The number of anilines is 6. The standard InChI is InChI=1S/2C44H26N2O4.C42H22N2O4/c1-23-25-11-3-7-15-29(25)39(30-16-8-4-12-26(23)30)45-41(47)33-19-21-35-38-36(22-20-34(37(33)38)42(45)48)44(50)46(43(35)49)40-31-17-9-5-13-27(31)24(2)28-14-6-10-18-32(28)40;1-23-3-5-25-19-31-21-33(9-7-27(31)17-29(25)15-23)45-41(47)35-11-13-37-40-38(14-12-36(39(35)40)42(45)48)44(50)46(43(37)49)34-10-8-28-18-30-16-24(2)4-6-26(30)20-32(28)22-34;45-39-31-17-19-33-36-34(42(48)44(41(33)47)38-29-15-7-3-11-25(29)22-26-12-4-8-16-30(26)38)20-18-32(35(31)36)40(46)43(39)37-27-13-5-1-9-23(27)21-24-10-2-6-14-28(24)37/h2*3-22H,1-2H3;1-22H. The number of rotatable bonds is 6. The zero-order chi connectivity index (χ0) is 100. The Morgan fingerprint density at radius 3 is 0.527 bits per heavy atom. The van der Waals surface area contributed by atoms with Gasteiger partial charge in [0, 0.05) is 142 Å². The Morgan fingerprint density at radius 2 is 0.304 bits per heavy atom. The van der Waals surface area contributed by atoms with E-state index in [1.165, 1.54) is 40.5 Å². The van der Waals surface area contributed by atoms with Crippen LogP contribution in [-0.4, -0.2) is 70.9 Å². The highest BCUT2D eigenvalue weighted by molar-refractivity contribution is 6.49. The van der Waals surface area contributed by atoms with E-state index in [9.17, 15) is 57.5 Å². The van der Waals surface area contributed by atoms with Crippen molar-refractivity contribution < 1.29 is 57.5 Å². The first-order chi connectivity index (χ1) is 72.1. The van der Waals surface area contributed by atoms with Crippen molar-refractivity contribution in [2.24, 2.45) is 0 Å². The molecule has 696 valence electrons. The lowest BCUT2D eigenvalue weighted by Gasteiger charge is -2.33. The van der Waals surface area contributed by atoms with Crippen LogP contribution in [0.1, 0.15) is 147 Å². The number of hydrogen-bond donors (Lipinski definition) is 0. The number of carbonyl (C=O) groups is 12. The summed E-state index contributed by atoms with van der Waals surface area (Å²) in [4.78, 5) is 180. The summed E-state index contributed by atoms with van der Waals surface area (Å²) in [5.74, 6) is -5.98. The molecule has 18 nitrogen and oxygen atoms in total. The van der Waals surface area contributed by atoms with Crippen LogP contribution in [-0.2, 0) is 0 Å². The van der Waals surface area contributed by atoms with Crippen molar-refractivity contribution >= 4 is 267 Å². The lowest BCUT2D eigenvalue weighted by atomic mass is 9.84. The summed E-state index contributed by atoms with van der Waals surface area (Å²) in [6.07, 6.45) is 0. The summed E-state index contributed by atoms with van der Waals surface area (Å²) in [5.41, 5.74) is 10.7. The Balaban J connectivity index is 0.000000107. The maximum atomic E-state index is 14.6. The fourth-order valence-electron chi connectivity index (χ4n) is 24.0. The quantitative estimate of drug-likeness (QED) is 0.112. The van der Waals surface area contributed by atoms with E-state index in [0.717, 1.165) is 140 Å². The number of hydrogen-bond acceptors (Lipinski definition) is 12. The minimum atomic E-state index is -0.500. The summed E-state index contributed by atoms with van der Waals surface area (Å²) in [6.45, 7) is 8.21. The number of nitrogens with zero attached hydrogens (tertiary/aromatic N) is 6. The predicted molar refractivity (Wildman–Crippen MR) is 586 cm³/mol. The van der Waals surface area contributed by atoms with E-state index in [1.807, 2.05) is 232 Å². The second-order valence-corrected chi connectivity index (χ2v) is 38.8. The minimum absolute atomic E-state index is 0.270. The van der Waals surface area contributed by atoms with Gasteiger partial charge in [0.05, 0.1) is 34.1 Å². The Morgan fingerprint density at radius 1 is 0.135 bits per heavy atom. The summed E-state index contributed by atoms with van der Waals surface area (Å²) in [7, 11) is 0. The van der Waals surface area contributed by atoms with E-state index in [2.05, 4.69) is 86.6 Å². The summed E-state index contributed by atoms with van der Waals surface area (Å²) in [6, 6.07) is 117. The van der Waals surface area contributed by atoms with E-state index in [-0.39, 0.29) is 66.8 Å². The molecule has 6 aliphatic heterocycles. The molecule has 6 aliphatic rings. The molecule has 18 heteroatoms. The number of aryl methyl sites for hydroxylation is 4. The summed E-state index contributed by atoms with van der Waals surface area (Å²) < 4.78 is 0. The van der Waals surface area contributed by atoms with Gasteiger partial charge in [0.2, 0.25) is 0 Å². The molecule has 24 aromatic carbocycles. The SMILES string of the molecule is Cc1c2ccccc2c(N2C(=O)c3ccc4c5c(ccc(c35)C2=O)C(=O)N(c2c3ccccc3c(C)c3ccccc23)C4=O)c2ccccc12.Cc1ccc2cc3cc(N4C(=O)c5ccc6c7c(ccc(c57)C4=O)C(=O)N(c4ccc5cc7cc(C)ccc7cc5c4)C6=O)ccc3cc2c1.O=C1c2ccc3c4c(ccc(c24)C(=O)N1c1c2ccccc2cc2ccccc12)C(=O)N(c1c2ccccc2cc2ccccc12)C3=O. The van der Waals surface area contributed by atoms with Crippen LogP contribution in [0.15, 0.2) is 376 Å². The van der Waals surface area contributed by atoms with Gasteiger partial charge in [-0.05, 0) is 258 Å². The van der Waals surface area contributed by atoms with Gasteiger partial charge in [-0.1, -0.05) is 254 Å². The molecule has 30 rings (SSSR count). The van der Waals surface area contributed by atoms with E-state index in [1.54, 1.807) is 84.9 Å². The zero-order valence-corrected chi connectivity index (χ0v) is 79.4. The van der Waals surface area contributed by atoms with E-state index < -0.39 is 70.9 Å². The fourth-order valence-corrected chi connectivity index (χ4v) is 24.0. The van der Waals surface area contributed by atoms with Gasteiger partial charge >= 0.3 is 0 Å². The van der Waals surface area contributed by atoms with Gasteiger partial charge in [0.15, 0.2) is 0 Å². The molecule has 0 radical (unpaired) electrons. The number of benzene rings is 24. The number of amides is 12. The topological polar surface area (TPSA) is 224 Å². The lowest BCUT2D eigenvalue weighted by Crippen LogP contribution is -2.43. The summed E-state index contributed by atoms with van der Waals surface area (Å²) >= 11 is 0. The van der Waals surface area contributed by atoms with Crippen LogP contribution in [0.4, 0.5) is 34.1 Å². The molecule has 0 bridgehead atoms. The molecule has 6 heterocycles. The molecular formula is C130H74N6O12. The van der Waals surface area contributed by atoms with Gasteiger partial charge in [-0.3, -0.25) is 57.5 Å². The van der Waals surface area contributed by atoms with Gasteiger partial charge in [0.25, 0.3) is 70.9 Å². The molecule has 0 N–H and O–H groups in total. The maximum absolute atomic E-state index is 14.6. The molecule has 148 heavy (non-hydrogen) atoms. The van der Waals surface area contributed by atoms with Crippen molar-refractivity contribution in [2.75, 3.05) is 29.4 Å². The first-order valence-corrected chi connectivity index (χ1v) is 48.7. The van der Waals surface area contributed by atoms with Crippen LogP contribution < -0.4 is 29.4 Å². The van der Waals surface area contributed by atoms with Crippen LogP contribution in [0.5, 0.6) is 0 Å². The highest BCUT2D eigenvalue weighted by Gasteiger charge is 2.47. The molecule has 12 amide bonds. The molecule has 0 spiro atoms. The van der Waals surface area contributed by atoms with Crippen LogP contribution >= 0.6 is 0 Å². The lowest BCUT2D eigenvalue weighted by molar-refractivity contribution is 0.0873. The van der Waals surface area contributed by atoms with Crippen molar-refractivity contribution in [3.8, 4) is 0 Å². The molecule has 0 saturated carbocycles. The van der Waals surface area contributed by atoms with Crippen molar-refractivity contribution in [3.05, 3.63) is 465 Å². The molecule has 0 aromatic heterocycles. The number of fused-ring (bicyclic) bond motifs is 12. The highest BCUT2D eigenvalue weighted by Crippen LogP contribution is 2.52. The third-order valence-corrected chi connectivity index (χ3v) is 30.8. The molecular weight excluding hydrogens is 1840 g/mol. The van der Waals surface area contributed by atoms with Crippen LogP contribution in [0.25, 0.3) is 162 Å². The van der Waals surface area contributed by atoms with E-state index >= 15 is 0 Å². The average molecular weight is 1910 g/mol. The van der Waals surface area contributed by atoms with Crippen molar-refractivity contribution in [2.45, 2.75) is 27.7 Å². The molecule has 0 fully saturated rings. The van der Waals surface area contributed by atoms with Crippen molar-refractivity contribution in [1.82, 2.24) is 0 Å². The smallest absolute Gasteiger partial charge is 0.266 e. The Bertz CT molecular complexity index is 9580. The third-order valence-electron chi connectivity index (χ3n) is 30.8. The summed E-state index contributed by atoms with van der Waals surface area (Å²) in [5, 5.41) is 23.9. The van der Waals surface area contributed by atoms with E-state index in [0.29, 0.717) is 66.4 Å². The van der Waals surface area contributed by atoms with Crippen molar-refractivity contribution in [1.29, 1.82) is 0 Å². The van der Waals surface area contributed by atoms with Crippen LogP contribution in [0, 0.1) is 27.7 Å². The molecule has 0 unspecified atom stereocenters. The number of imide groups is 6. The van der Waals surface area contributed by atoms with Gasteiger partial charge in [-0.2, -0.15) is 0 Å². The monoisotopic (exact) mass is 1910 g/mol. The van der Waals surface area contributed by atoms with Gasteiger partial charge in [0.1, 0.15) is 0 Å². The second-order valence-electron chi connectivity index (χ2n) is 38.8. The first kappa shape index (κ1) is 86.0. The minimum Gasteiger partial charge on any atom is -0.268 e. The van der Waals surface area contributed by atoms with Crippen LogP contribution in [0.2, 0.25) is 0 Å². The largest absolute Gasteiger partial charge is 0.268 e. The fraction of sp³-hybridized carbons (Fsp3) is 0.0308. The maximum Gasteiger partial charge on any atom is 0.266 e. The molecule has 0 atom stereocenters. The van der Waals surface area contributed by atoms with Crippen LogP contribution in [0.3, 0.4) is 0 Å². The second kappa shape index (κ2) is 31.8. The normalized spacial score (nSPS) is 14.3. The van der Waals surface area contributed by atoms with Crippen molar-refractivity contribution in [3.63, 3.8) is 0 Å². The Kier molecular flexibility index (Phi) is 18.4. The first-order valence-electron chi connectivity index (χ1n) is 48.7. The third kappa shape index (κ3) is 12.2. The Labute approximate surface area is 840 Å². The van der Waals surface area contributed by atoms with E-state index in [4.69, 9.17) is 0 Å². The molecule has 0 saturated heterocycles. The Hall–Kier alpha value is -20.0. The van der Waals surface area contributed by atoms with Gasteiger partial charge in [-0.15, -0.1) is 0 Å². The predicted octanol–water partition coefficient (Wildman–Crippen LogP) is 28.4. The highest BCUT2D eigenvalue weighted by atomic mass is 16.2. The number of carbonyl (C=O) groups excluding carboxylic acids is 12. The molecule has 24 aromatic rings. The average Bonchev–Trinajstić information content (AvgIpc) is 0.696.